The minimum Gasteiger partial charge on any atom is -0.366 e. The minimum atomic E-state index is 0.463. The number of nitrogens with zero attached hydrogens (tertiary/aromatic N) is 2. The van der Waals surface area contributed by atoms with Gasteiger partial charge >= 0.3 is 0 Å². The molecule has 20 heavy (non-hydrogen) atoms. The van der Waals surface area contributed by atoms with Crippen LogP contribution in [-0.2, 0) is 13.1 Å². The van der Waals surface area contributed by atoms with Gasteiger partial charge in [-0.25, -0.2) is 0 Å². The molecular weight excluding hydrogens is 270 g/mol. The highest BCUT2D eigenvalue weighted by Crippen LogP contribution is 2.24. The second kappa shape index (κ2) is 6.73. The van der Waals surface area contributed by atoms with E-state index in [1.807, 2.05) is 37.3 Å². The first-order valence-corrected chi connectivity index (χ1v) is 7.17. The van der Waals surface area contributed by atoms with Crippen molar-refractivity contribution >= 4 is 17.3 Å². The van der Waals surface area contributed by atoms with Crippen molar-refractivity contribution in [1.82, 2.24) is 4.98 Å². The molecule has 1 heterocycles. The molecule has 2 rings (SSSR count). The zero-order chi connectivity index (χ0) is 14.5. The Morgan fingerprint density at radius 2 is 2.05 bits per heavy atom. The number of benzene rings is 1. The number of rotatable bonds is 5. The van der Waals surface area contributed by atoms with Crippen molar-refractivity contribution in [3.8, 4) is 0 Å². The van der Waals surface area contributed by atoms with Crippen molar-refractivity contribution in [3.63, 3.8) is 0 Å². The Kier molecular flexibility index (Phi) is 4.99. The number of aryl methyl sites for hydroxylation is 1. The van der Waals surface area contributed by atoms with Crippen LogP contribution in [0.1, 0.15) is 23.9 Å². The van der Waals surface area contributed by atoms with Crippen LogP contribution in [0, 0.1) is 6.92 Å². The summed E-state index contributed by atoms with van der Waals surface area (Å²) in [4.78, 5) is 6.79. The largest absolute Gasteiger partial charge is 0.366 e. The van der Waals surface area contributed by atoms with E-state index in [0.29, 0.717) is 6.54 Å². The third-order valence-electron chi connectivity index (χ3n) is 3.30. The van der Waals surface area contributed by atoms with Crippen molar-refractivity contribution in [2.24, 2.45) is 5.73 Å². The number of pyridine rings is 1. The molecule has 0 unspecified atom stereocenters. The molecule has 0 amide bonds. The van der Waals surface area contributed by atoms with Gasteiger partial charge in [-0.15, -0.1) is 0 Å². The van der Waals surface area contributed by atoms with Crippen LogP contribution < -0.4 is 10.6 Å². The predicted octanol–water partition coefficient (Wildman–Crippen LogP) is 3.53. The highest BCUT2D eigenvalue weighted by molar-refractivity contribution is 6.31. The summed E-state index contributed by atoms with van der Waals surface area (Å²) >= 11 is 6.24. The van der Waals surface area contributed by atoms with Crippen molar-refractivity contribution < 1.29 is 0 Å². The lowest BCUT2D eigenvalue weighted by Gasteiger charge is -2.23. The van der Waals surface area contributed by atoms with E-state index in [2.05, 4.69) is 22.9 Å². The number of aromatic nitrogens is 1. The summed E-state index contributed by atoms with van der Waals surface area (Å²) < 4.78 is 0. The summed E-state index contributed by atoms with van der Waals surface area (Å²) in [6, 6.07) is 12.1. The number of anilines is 1. The molecule has 106 valence electrons. The Hall–Kier alpha value is -1.58. The molecule has 1 aromatic carbocycles. The summed E-state index contributed by atoms with van der Waals surface area (Å²) in [7, 11) is 0. The Morgan fingerprint density at radius 3 is 2.65 bits per heavy atom. The molecule has 0 saturated heterocycles. The first-order chi connectivity index (χ1) is 9.63. The van der Waals surface area contributed by atoms with Gasteiger partial charge in [-0.3, -0.25) is 4.98 Å². The first kappa shape index (κ1) is 14.8. The van der Waals surface area contributed by atoms with E-state index in [1.54, 1.807) is 0 Å². The third kappa shape index (κ3) is 3.50. The smallest absolute Gasteiger partial charge is 0.0602 e. The zero-order valence-electron chi connectivity index (χ0n) is 11.9. The van der Waals surface area contributed by atoms with Gasteiger partial charge in [0.05, 0.1) is 12.2 Å². The average Bonchev–Trinajstić information content (AvgIpc) is 2.44. The van der Waals surface area contributed by atoms with E-state index in [-0.39, 0.29) is 0 Å². The molecule has 0 fully saturated rings. The Labute approximate surface area is 125 Å². The maximum absolute atomic E-state index is 6.24. The van der Waals surface area contributed by atoms with Gasteiger partial charge in [0.15, 0.2) is 0 Å². The molecule has 0 bridgehead atoms. The normalized spacial score (nSPS) is 10.6. The summed E-state index contributed by atoms with van der Waals surface area (Å²) in [5, 5.41) is 0.723. The Morgan fingerprint density at radius 1 is 1.25 bits per heavy atom. The minimum absolute atomic E-state index is 0.463. The van der Waals surface area contributed by atoms with Gasteiger partial charge in [-0.2, -0.15) is 0 Å². The Balaban J connectivity index is 2.22. The number of halogens is 1. The van der Waals surface area contributed by atoms with Gasteiger partial charge in [0, 0.05) is 29.5 Å². The van der Waals surface area contributed by atoms with Crippen molar-refractivity contribution in [2.45, 2.75) is 26.9 Å². The lowest BCUT2D eigenvalue weighted by Crippen LogP contribution is -2.22. The standard InChI is InChI=1S/C16H20ClN3/c1-3-20(11-14-6-4-5-12(2)19-14)15-8-7-13(10-18)16(17)9-15/h4-9H,3,10-11,18H2,1-2H3. The molecule has 1 aromatic heterocycles. The van der Waals surface area contributed by atoms with Gasteiger partial charge in [0.1, 0.15) is 0 Å². The van der Waals surface area contributed by atoms with Crippen LogP contribution in [0.5, 0.6) is 0 Å². The SMILES string of the molecule is CCN(Cc1cccc(C)n1)c1ccc(CN)c(Cl)c1. The fraction of sp³-hybridized carbons (Fsp3) is 0.312. The van der Waals surface area contributed by atoms with Crippen LogP contribution in [0.25, 0.3) is 0 Å². The number of hydrogen-bond acceptors (Lipinski definition) is 3. The molecule has 2 N–H and O–H groups in total. The van der Waals surface area contributed by atoms with Gasteiger partial charge in [0.25, 0.3) is 0 Å². The van der Waals surface area contributed by atoms with E-state index in [9.17, 15) is 0 Å². The van der Waals surface area contributed by atoms with E-state index in [0.717, 1.165) is 40.8 Å². The fourth-order valence-electron chi connectivity index (χ4n) is 2.17. The van der Waals surface area contributed by atoms with Gasteiger partial charge < -0.3 is 10.6 Å². The summed E-state index contributed by atoms with van der Waals surface area (Å²) in [6.07, 6.45) is 0. The van der Waals surface area contributed by atoms with Crippen LogP contribution >= 0.6 is 11.6 Å². The molecule has 0 aliphatic heterocycles. The average molecular weight is 290 g/mol. The summed E-state index contributed by atoms with van der Waals surface area (Å²) in [5.41, 5.74) is 9.81. The van der Waals surface area contributed by atoms with Gasteiger partial charge in [-0.05, 0) is 43.7 Å². The predicted molar refractivity (Wildman–Crippen MR) is 85.0 cm³/mol. The van der Waals surface area contributed by atoms with Crippen molar-refractivity contribution in [3.05, 3.63) is 58.4 Å². The Bertz CT molecular complexity index is 584. The van der Waals surface area contributed by atoms with Crippen LogP contribution in [0.2, 0.25) is 5.02 Å². The lowest BCUT2D eigenvalue weighted by atomic mass is 10.2. The van der Waals surface area contributed by atoms with Crippen LogP contribution in [0.3, 0.4) is 0 Å². The number of nitrogens with two attached hydrogens (primary N) is 1. The molecule has 0 aliphatic carbocycles. The van der Waals surface area contributed by atoms with E-state index < -0.39 is 0 Å². The highest BCUT2D eigenvalue weighted by Gasteiger charge is 2.08. The molecular formula is C16H20ClN3. The second-order valence-electron chi connectivity index (χ2n) is 4.76. The molecule has 0 atom stereocenters. The van der Waals surface area contributed by atoms with Gasteiger partial charge in [0.2, 0.25) is 0 Å². The molecule has 3 nitrogen and oxygen atoms in total. The third-order valence-corrected chi connectivity index (χ3v) is 3.65. The van der Waals surface area contributed by atoms with Crippen LogP contribution in [0.4, 0.5) is 5.69 Å². The fourth-order valence-corrected chi connectivity index (χ4v) is 2.42. The second-order valence-corrected chi connectivity index (χ2v) is 5.17. The van der Waals surface area contributed by atoms with E-state index in [1.165, 1.54) is 0 Å². The zero-order valence-corrected chi connectivity index (χ0v) is 12.7. The molecule has 0 spiro atoms. The quantitative estimate of drug-likeness (QED) is 0.915. The maximum Gasteiger partial charge on any atom is 0.0602 e. The van der Waals surface area contributed by atoms with E-state index in [4.69, 9.17) is 17.3 Å². The lowest BCUT2D eigenvalue weighted by molar-refractivity contribution is 0.805. The summed E-state index contributed by atoms with van der Waals surface area (Å²) in [6.45, 7) is 6.27. The molecule has 4 heteroatoms. The van der Waals surface area contributed by atoms with E-state index >= 15 is 0 Å². The first-order valence-electron chi connectivity index (χ1n) is 6.80. The molecule has 0 radical (unpaired) electrons. The molecule has 0 aliphatic rings. The highest BCUT2D eigenvalue weighted by atomic mass is 35.5. The molecule has 2 aromatic rings. The monoisotopic (exact) mass is 289 g/mol. The molecule has 0 saturated carbocycles. The van der Waals surface area contributed by atoms with Crippen LogP contribution in [0.15, 0.2) is 36.4 Å². The van der Waals surface area contributed by atoms with Gasteiger partial charge in [-0.1, -0.05) is 23.7 Å². The topological polar surface area (TPSA) is 42.2 Å². The van der Waals surface area contributed by atoms with Crippen molar-refractivity contribution in [1.29, 1.82) is 0 Å². The maximum atomic E-state index is 6.24. The number of hydrogen-bond donors (Lipinski definition) is 1. The van der Waals surface area contributed by atoms with Crippen molar-refractivity contribution in [2.75, 3.05) is 11.4 Å². The summed E-state index contributed by atoms with van der Waals surface area (Å²) in [5.74, 6) is 0. The van der Waals surface area contributed by atoms with Crippen LogP contribution in [-0.4, -0.2) is 11.5 Å².